The fraction of sp³-hybridized carbons (Fsp3) is 0.263. The average Bonchev–Trinajstić information content (AvgIpc) is 2.49. The molecule has 0 fully saturated rings. The molecule has 0 amide bonds. The zero-order valence-corrected chi connectivity index (χ0v) is 12.4. The second-order valence-corrected chi connectivity index (χ2v) is 5.17. The molecular formula is C19H21NO. The smallest absolute Gasteiger partial charge is 0.0639 e. The lowest BCUT2D eigenvalue weighted by atomic mass is 10.2. The van der Waals surface area contributed by atoms with Gasteiger partial charge in [0.2, 0.25) is 0 Å². The van der Waals surface area contributed by atoms with E-state index in [2.05, 4.69) is 28.9 Å². The van der Waals surface area contributed by atoms with Crippen molar-refractivity contribution in [1.82, 2.24) is 4.90 Å². The van der Waals surface area contributed by atoms with Gasteiger partial charge in [0.05, 0.1) is 12.6 Å². The minimum atomic E-state index is -0.354. The molecular weight excluding hydrogens is 258 g/mol. The largest absolute Gasteiger partial charge is 0.392 e. The van der Waals surface area contributed by atoms with Crippen molar-refractivity contribution in [3.05, 3.63) is 71.8 Å². The maximum atomic E-state index is 9.63. The van der Waals surface area contributed by atoms with E-state index in [0.717, 1.165) is 12.1 Å². The van der Waals surface area contributed by atoms with Gasteiger partial charge >= 0.3 is 0 Å². The fourth-order valence-electron chi connectivity index (χ4n) is 2.18. The Balaban J connectivity index is 1.98. The number of benzene rings is 2. The normalized spacial score (nSPS) is 11.8. The summed E-state index contributed by atoms with van der Waals surface area (Å²) in [7, 11) is 0. The summed E-state index contributed by atoms with van der Waals surface area (Å²) in [6, 6.07) is 20.2. The first-order valence-corrected chi connectivity index (χ1v) is 7.22. The molecule has 0 saturated carbocycles. The summed E-state index contributed by atoms with van der Waals surface area (Å²) in [5.41, 5.74) is 2.26. The molecule has 0 bridgehead atoms. The summed E-state index contributed by atoms with van der Waals surface area (Å²) in [4.78, 5) is 2.16. The van der Waals surface area contributed by atoms with Gasteiger partial charge in [-0.1, -0.05) is 60.4 Å². The molecule has 0 saturated heterocycles. The molecule has 1 unspecified atom stereocenters. The first kappa shape index (κ1) is 15.3. The van der Waals surface area contributed by atoms with Crippen LogP contribution < -0.4 is 0 Å². The number of nitrogens with zero attached hydrogens (tertiary/aromatic N) is 1. The lowest BCUT2D eigenvalue weighted by Gasteiger charge is -2.21. The molecule has 0 heterocycles. The van der Waals surface area contributed by atoms with E-state index in [0.29, 0.717) is 13.1 Å². The van der Waals surface area contributed by atoms with Gasteiger partial charge in [0.25, 0.3) is 0 Å². The van der Waals surface area contributed by atoms with Gasteiger partial charge in [-0.05, 0) is 24.6 Å². The van der Waals surface area contributed by atoms with E-state index in [4.69, 9.17) is 0 Å². The van der Waals surface area contributed by atoms with E-state index < -0.39 is 0 Å². The van der Waals surface area contributed by atoms with Gasteiger partial charge in [-0.25, -0.2) is 0 Å². The second-order valence-electron chi connectivity index (χ2n) is 5.17. The van der Waals surface area contributed by atoms with Crippen molar-refractivity contribution in [2.75, 3.05) is 13.1 Å². The minimum absolute atomic E-state index is 0.354. The van der Waals surface area contributed by atoms with E-state index in [-0.39, 0.29) is 6.10 Å². The van der Waals surface area contributed by atoms with Gasteiger partial charge < -0.3 is 5.11 Å². The molecule has 0 aliphatic rings. The second kappa shape index (κ2) is 8.26. The van der Waals surface area contributed by atoms with Crippen LogP contribution in [-0.2, 0) is 6.54 Å². The summed E-state index contributed by atoms with van der Waals surface area (Å²) in [6.07, 6.45) is -0.354. The molecule has 0 aliphatic carbocycles. The molecule has 0 aliphatic heterocycles. The van der Waals surface area contributed by atoms with Crippen molar-refractivity contribution >= 4 is 0 Å². The summed E-state index contributed by atoms with van der Waals surface area (Å²) in [5.74, 6) is 6.35. The molecule has 108 valence electrons. The van der Waals surface area contributed by atoms with Crippen LogP contribution in [0.1, 0.15) is 18.1 Å². The summed E-state index contributed by atoms with van der Waals surface area (Å²) in [6.45, 7) is 3.88. The number of hydrogen-bond acceptors (Lipinski definition) is 2. The minimum Gasteiger partial charge on any atom is -0.392 e. The molecule has 2 nitrogen and oxygen atoms in total. The molecule has 2 rings (SSSR count). The number of aliphatic hydroxyl groups is 1. The fourth-order valence-corrected chi connectivity index (χ4v) is 2.18. The lowest BCUT2D eigenvalue weighted by molar-refractivity contribution is 0.131. The predicted molar refractivity (Wildman–Crippen MR) is 86.7 cm³/mol. The number of rotatable bonds is 5. The third kappa shape index (κ3) is 5.83. The monoisotopic (exact) mass is 279 g/mol. The molecule has 0 radical (unpaired) electrons. The van der Waals surface area contributed by atoms with Crippen LogP contribution in [0.2, 0.25) is 0 Å². The Labute approximate surface area is 127 Å². The molecule has 2 aromatic carbocycles. The maximum Gasteiger partial charge on any atom is 0.0639 e. The van der Waals surface area contributed by atoms with Crippen LogP contribution in [0.15, 0.2) is 60.7 Å². The van der Waals surface area contributed by atoms with Gasteiger partial charge in [-0.15, -0.1) is 0 Å². The van der Waals surface area contributed by atoms with Crippen molar-refractivity contribution < 1.29 is 5.11 Å². The van der Waals surface area contributed by atoms with Gasteiger partial charge in [0, 0.05) is 18.7 Å². The molecule has 0 aromatic heterocycles. The predicted octanol–water partition coefficient (Wildman–Crippen LogP) is 2.92. The maximum absolute atomic E-state index is 9.63. The highest BCUT2D eigenvalue weighted by Gasteiger charge is 2.07. The average molecular weight is 279 g/mol. The zero-order valence-electron chi connectivity index (χ0n) is 12.4. The van der Waals surface area contributed by atoms with Crippen LogP contribution in [0.3, 0.4) is 0 Å². The standard InChI is InChI=1S/C19H21NO/c1-17(21)15-20(16-19-11-6-3-7-12-19)14-8-13-18-9-4-2-5-10-18/h2-7,9-12,17,21H,14-16H2,1H3. The molecule has 21 heavy (non-hydrogen) atoms. The third-order valence-electron chi connectivity index (χ3n) is 3.08. The number of aliphatic hydroxyl groups excluding tert-OH is 1. The van der Waals surface area contributed by atoms with E-state index in [9.17, 15) is 5.11 Å². The van der Waals surface area contributed by atoms with Gasteiger partial charge in [-0.2, -0.15) is 0 Å². The highest BCUT2D eigenvalue weighted by atomic mass is 16.3. The van der Waals surface area contributed by atoms with E-state index in [1.54, 1.807) is 0 Å². The van der Waals surface area contributed by atoms with Crippen molar-refractivity contribution in [1.29, 1.82) is 0 Å². The van der Waals surface area contributed by atoms with Gasteiger partial charge in [0.15, 0.2) is 0 Å². The quantitative estimate of drug-likeness (QED) is 0.851. The van der Waals surface area contributed by atoms with Crippen LogP contribution in [0, 0.1) is 11.8 Å². The van der Waals surface area contributed by atoms with Crippen molar-refractivity contribution in [3.8, 4) is 11.8 Å². The Morgan fingerprint density at radius 2 is 1.62 bits per heavy atom. The molecule has 2 heteroatoms. The first-order valence-electron chi connectivity index (χ1n) is 7.22. The van der Waals surface area contributed by atoms with Crippen LogP contribution in [0.4, 0.5) is 0 Å². The Morgan fingerprint density at radius 3 is 2.24 bits per heavy atom. The van der Waals surface area contributed by atoms with Crippen LogP contribution in [0.25, 0.3) is 0 Å². The zero-order chi connectivity index (χ0) is 14.9. The topological polar surface area (TPSA) is 23.5 Å². The highest BCUT2D eigenvalue weighted by molar-refractivity contribution is 5.33. The van der Waals surface area contributed by atoms with Crippen molar-refractivity contribution in [2.45, 2.75) is 19.6 Å². The Bertz CT molecular complexity index is 581. The van der Waals surface area contributed by atoms with E-state index in [1.807, 2.05) is 55.5 Å². The Kier molecular flexibility index (Phi) is 6.02. The van der Waals surface area contributed by atoms with E-state index in [1.165, 1.54) is 5.56 Å². The lowest BCUT2D eigenvalue weighted by Crippen LogP contribution is -2.31. The third-order valence-corrected chi connectivity index (χ3v) is 3.08. The molecule has 0 spiro atoms. The van der Waals surface area contributed by atoms with Crippen molar-refractivity contribution in [3.63, 3.8) is 0 Å². The molecule has 1 atom stereocenters. The highest BCUT2D eigenvalue weighted by Crippen LogP contribution is 2.05. The van der Waals surface area contributed by atoms with Gasteiger partial charge in [-0.3, -0.25) is 4.90 Å². The van der Waals surface area contributed by atoms with Crippen LogP contribution >= 0.6 is 0 Å². The summed E-state index contributed by atoms with van der Waals surface area (Å²) >= 11 is 0. The Hall–Kier alpha value is -2.08. The van der Waals surface area contributed by atoms with Crippen molar-refractivity contribution in [2.24, 2.45) is 0 Å². The summed E-state index contributed by atoms with van der Waals surface area (Å²) < 4.78 is 0. The van der Waals surface area contributed by atoms with Crippen LogP contribution in [0.5, 0.6) is 0 Å². The first-order chi connectivity index (χ1) is 10.2. The molecule has 2 aromatic rings. The SMILES string of the molecule is CC(O)CN(CC#Cc1ccccc1)Cc1ccccc1. The van der Waals surface area contributed by atoms with Crippen LogP contribution in [-0.4, -0.2) is 29.2 Å². The number of hydrogen-bond donors (Lipinski definition) is 1. The Morgan fingerprint density at radius 1 is 1.00 bits per heavy atom. The molecule has 1 N–H and O–H groups in total. The summed E-state index contributed by atoms with van der Waals surface area (Å²) in [5, 5.41) is 9.63. The van der Waals surface area contributed by atoms with E-state index >= 15 is 0 Å². The van der Waals surface area contributed by atoms with Gasteiger partial charge in [0.1, 0.15) is 0 Å².